The lowest BCUT2D eigenvalue weighted by molar-refractivity contribution is -0.197. The van der Waals surface area contributed by atoms with Gasteiger partial charge in [-0.2, -0.15) is 0 Å². The minimum Gasteiger partial charge on any atom is -0.330 e. The molecule has 0 N–H and O–H groups in total. The molecule has 5 heteroatoms. The first kappa shape index (κ1) is 19.7. The van der Waals surface area contributed by atoms with Gasteiger partial charge >= 0.3 is 5.97 Å². The summed E-state index contributed by atoms with van der Waals surface area (Å²) in [5.74, 6) is -1.31. The van der Waals surface area contributed by atoms with Gasteiger partial charge in [-0.05, 0) is 6.42 Å². The zero-order valence-electron chi connectivity index (χ0n) is 14.5. The maximum absolute atomic E-state index is 11.6. The van der Waals surface area contributed by atoms with Gasteiger partial charge in [0.05, 0.1) is 0 Å². The van der Waals surface area contributed by atoms with E-state index in [0.29, 0.717) is 5.06 Å². The number of nitrogens with zero attached hydrogens (tertiary/aromatic N) is 1. The molecule has 0 saturated carbocycles. The van der Waals surface area contributed by atoms with Gasteiger partial charge in [-0.1, -0.05) is 71.1 Å². The van der Waals surface area contributed by atoms with Crippen molar-refractivity contribution in [1.29, 1.82) is 0 Å². The molecule has 0 aromatic rings. The van der Waals surface area contributed by atoms with E-state index in [0.717, 1.165) is 19.3 Å². The van der Waals surface area contributed by atoms with E-state index in [1.165, 1.54) is 51.4 Å². The highest BCUT2D eigenvalue weighted by Gasteiger charge is 2.32. The van der Waals surface area contributed by atoms with Crippen LogP contribution in [0.15, 0.2) is 0 Å². The lowest BCUT2D eigenvalue weighted by Gasteiger charge is -2.12. The SMILES string of the molecule is CCCCCCCCCCCCCC(=O)ON1C(=O)CCC1=O. The number of unbranched alkanes of at least 4 members (excludes halogenated alkanes) is 10. The summed E-state index contributed by atoms with van der Waals surface area (Å²) in [4.78, 5) is 39.0. The highest BCUT2D eigenvalue weighted by molar-refractivity contribution is 6.01. The van der Waals surface area contributed by atoms with Gasteiger partial charge in [0.15, 0.2) is 0 Å². The van der Waals surface area contributed by atoms with Gasteiger partial charge in [0.2, 0.25) is 0 Å². The van der Waals surface area contributed by atoms with Crippen molar-refractivity contribution in [3.63, 3.8) is 0 Å². The molecule has 5 nitrogen and oxygen atoms in total. The lowest BCUT2D eigenvalue weighted by Crippen LogP contribution is -2.31. The molecule has 0 radical (unpaired) electrons. The summed E-state index contributed by atoms with van der Waals surface area (Å²) in [5, 5.41) is 0.626. The van der Waals surface area contributed by atoms with E-state index in [-0.39, 0.29) is 19.3 Å². The van der Waals surface area contributed by atoms with Crippen LogP contribution in [0.2, 0.25) is 0 Å². The third kappa shape index (κ3) is 8.72. The lowest BCUT2D eigenvalue weighted by atomic mass is 10.1. The summed E-state index contributed by atoms with van der Waals surface area (Å²) in [7, 11) is 0. The topological polar surface area (TPSA) is 63.7 Å². The normalized spacial score (nSPS) is 14.6. The number of rotatable bonds is 13. The standard InChI is InChI=1S/C18H31NO4/c1-2-3-4-5-6-7-8-9-10-11-12-13-18(22)23-19-16(20)14-15-17(19)21/h2-15H2,1H3. The number of carbonyl (C=O) groups excluding carboxylic acids is 3. The van der Waals surface area contributed by atoms with Gasteiger partial charge in [-0.15, -0.1) is 5.06 Å². The Morgan fingerprint density at radius 1 is 0.826 bits per heavy atom. The molecule has 132 valence electrons. The largest absolute Gasteiger partial charge is 0.333 e. The Balaban J connectivity index is 1.90. The van der Waals surface area contributed by atoms with Gasteiger partial charge in [-0.3, -0.25) is 9.59 Å². The Bertz CT molecular complexity index is 365. The predicted octanol–water partition coefficient (Wildman–Crippen LogP) is 4.29. The van der Waals surface area contributed by atoms with Gasteiger partial charge in [-0.25, -0.2) is 4.79 Å². The molecule has 1 aliphatic heterocycles. The third-order valence-electron chi connectivity index (χ3n) is 4.18. The molecule has 1 aliphatic rings. The number of amides is 2. The van der Waals surface area contributed by atoms with Crippen LogP contribution in [0.3, 0.4) is 0 Å². The Morgan fingerprint density at radius 2 is 1.26 bits per heavy atom. The van der Waals surface area contributed by atoms with Crippen LogP contribution in [-0.2, 0) is 19.2 Å². The summed E-state index contributed by atoms with van der Waals surface area (Å²) in [6.45, 7) is 2.23. The van der Waals surface area contributed by atoms with Crippen LogP contribution in [0.1, 0.15) is 96.8 Å². The average molecular weight is 325 g/mol. The predicted molar refractivity (Wildman–Crippen MR) is 88.3 cm³/mol. The van der Waals surface area contributed by atoms with Crippen molar-refractivity contribution in [2.75, 3.05) is 0 Å². The molecule has 2 amide bonds. The summed E-state index contributed by atoms with van der Waals surface area (Å²) >= 11 is 0. The first-order valence-electron chi connectivity index (χ1n) is 9.21. The molecule has 1 saturated heterocycles. The molecule has 1 fully saturated rings. The van der Waals surface area contributed by atoms with Crippen molar-refractivity contribution in [2.45, 2.75) is 96.8 Å². The molecule has 0 aliphatic carbocycles. The van der Waals surface area contributed by atoms with Gasteiger partial charge in [0, 0.05) is 19.3 Å². The van der Waals surface area contributed by atoms with Gasteiger partial charge in [0.25, 0.3) is 11.8 Å². The van der Waals surface area contributed by atoms with E-state index in [4.69, 9.17) is 4.84 Å². The number of imide groups is 1. The van der Waals surface area contributed by atoms with E-state index in [9.17, 15) is 14.4 Å². The van der Waals surface area contributed by atoms with Crippen LogP contribution in [0.5, 0.6) is 0 Å². The molecule has 0 spiro atoms. The molecular formula is C18H31NO4. The zero-order valence-corrected chi connectivity index (χ0v) is 14.5. The summed E-state index contributed by atoms with van der Waals surface area (Å²) in [5.41, 5.74) is 0. The Kier molecular flexibility index (Phi) is 10.3. The smallest absolute Gasteiger partial charge is 0.330 e. The second-order valence-electron chi connectivity index (χ2n) is 6.33. The monoisotopic (exact) mass is 325 g/mol. The summed E-state index contributed by atoms with van der Waals surface area (Å²) < 4.78 is 0. The number of carbonyl (C=O) groups is 3. The highest BCUT2D eigenvalue weighted by Crippen LogP contribution is 2.14. The van der Waals surface area contributed by atoms with Crippen LogP contribution in [-0.4, -0.2) is 22.8 Å². The van der Waals surface area contributed by atoms with Crippen molar-refractivity contribution >= 4 is 17.8 Å². The maximum atomic E-state index is 11.6. The zero-order chi connectivity index (χ0) is 16.9. The summed E-state index contributed by atoms with van der Waals surface area (Å²) in [6.07, 6.45) is 13.9. The molecule has 0 atom stereocenters. The van der Waals surface area contributed by atoms with E-state index < -0.39 is 17.8 Å². The van der Waals surface area contributed by atoms with Crippen LogP contribution in [0.4, 0.5) is 0 Å². The Hall–Kier alpha value is -1.39. The van der Waals surface area contributed by atoms with Gasteiger partial charge < -0.3 is 4.84 Å². The first-order valence-corrected chi connectivity index (χ1v) is 9.21. The number of hydroxylamine groups is 2. The van der Waals surface area contributed by atoms with E-state index in [2.05, 4.69) is 6.92 Å². The minimum absolute atomic E-state index is 0.143. The second kappa shape index (κ2) is 12.1. The Labute approximate surface area is 139 Å². The van der Waals surface area contributed by atoms with E-state index in [1.807, 2.05) is 0 Å². The maximum Gasteiger partial charge on any atom is 0.333 e. The van der Waals surface area contributed by atoms with Gasteiger partial charge in [0.1, 0.15) is 0 Å². The van der Waals surface area contributed by atoms with Crippen LogP contribution >= 0.6 is 0 Å². The number of hydrogen-bond donors (Lipinski definition) is 0. The average Bonchev–Trinajstić information content (AvgIpc) is 2.84. The van der Waals surface area contributed by atoms with Crippen LogP contribution in [0, 0.1) is 0 Å². The quantitative estimate of drug-likeness (QED) is 0.374. The third-order valence-corrected chi connectivity index (χ3v) is 4.18. The van der Waals surface area contributed by atoms with E-state index >= 15 is 0 Å². The van der Waals surface area contributed by atoms with Crippen molar-refractivity contribution < 1.29 is 19.2 Å². The molecule has 0 bridgehead atoms. The minimum atomic E-state index is -0.482. The Morgan fingerprint density at radius 3 is 1.74 bits per heavy atom. The summed E-state index contributed by atoms with van der Waals surface area (Å²) in [6, 6.07) is 0. The molecule has 0 aromatic heterocycles. The number of hydrogen-bond acceptors (Lipinski definition) is 4. The van der Waals surface area contributed by atoms with E-state index in [1.54, 1.807) is 0 Å². The second-order valence-corrected chi connectivity index (χ2v) is 6.33. The van der Waals surface area contributed by atoms with Crippen molar-refractivity contribution in [3.8, 4) is 0 Å². The highest BCUT2D eigenvalue weighted by atomic mass is 16.7. The molecule has 0 unspecified atom stereocenters. The molecule has 0 aromatic carbocycles. The van der Waals surface area contributed by atoms with Crippen molar-refractivity contribution in [3.05, 3.63) is 0 Å². The van der Waals surface area contributed by atoms with Crippen LogP contribution < -0.4 is 0 Å². The first-order chi connectivity index (χ1) is 11.1. The molecular weight excluding hydrogens is 294 g/mol. The fourth-order valence-corrected chi connectivity index (χ4v) is 2.74. The van der Waals surface area contributed by atoms with Crippen LogP contribution in [0.25, 0.3) is 0 Å². The van der Waals surface area contributed by atoms with Crippen molar-refractivity contribution in [2.24, 2.45) is 0 Å². The molecule has 1 heterocycles. The fraction of sp³-hybridized carbons (Fsp3) is 0.833. The molecule has 23 heavy (non-hydrogen) atoms. The molecule has 1 rings (SSSR count). The van der Waals surface area contributed by atoms with Crippen molar-refractivity contribution in [1.82, 2.24) is 5.06 Å². The fourth-order valence-electron chi connectivity index (χ4n) is 2.74.